The van der Waals surface area contributed by atoms with Gasteiger partial charge in [-0.15, -0.1) is 0 Å². The summed E-state index contributed by atoms with van der Waals surface area (Å²) in [5, 5.41) is 6.41. The second-order valence-corrected chi connectivity index (χ2v) is 11.9. The number of hydrogen-bond acceptors (Lipinski definition) is 8. The monoisotopic (exact) mass is 617 g/mol. The highest BCUT2D eigenvalue weighted by Gasteiger charge is 2.26. The highest BCUT2D eigenvalue weighted by atomic mass is 35.5. The third-order valence-corrected chi connectivity index (χ3v) is 7.37. The molecule has 0 spiro atoms. The van der Waals surface area contributed by atoms with E-state index in [9.17, 15) is 9.59 Å². The Balaban J connectivity index is 1.53. The van der Waals surface area contributed by atoms with Gasteiger partial charge in [-0.2, -0.15) is 4.99 Å². The van der Waals surface area contributed by atoms with Crippen molar-refractivity contribution in [2.24, 2.45) is 26.9 Å². The molecule has 0 aromatic heterocycles. The molecule has 2 amide bonds. The first-order valence-corrected chi connectivity index (χ1v) is 15.0. The van der Waals surface area contributed by atoms with Crippen LogP contribution in [-0.4, -0.2) is 54.9 Å². The zero-order valence-electron chi connectivity index (χ0n) is 25.2. The van der Waals surface area contributed by atoms with Crippen molar-refractivity contribution in [3.63, 3.8) is 0 Å². The van der Waals surface area contributed by atoms with Crippen molar-refractivity contribution in [2.75, 3.05) is 31.6 Å². The lowest BCUT2D eigenvalue weighted by Crippen LogP contribution is -2.45. The highest BCUT2D eigenvalue weighted by molar-refractivity contribution is 6.32. The maximum atomic E-state index is 13.4. The molecule has 0 fully saturated rings. The van der Waals surface area contributed by atoms with Crippen LogP contribution in [-0.2, 0) is 17.8 Å². The number of benzene rings is 3. The van der Waals surface area contributed by atoms with Gasteiger partial charge < -0.3 is 31.7 Å². The van der Waals surface area contributed by atoms with Gasteiger partial charge in [-0.05, 0) is 65.8 Å². The van der Waals surface area contributed by atoms with Crippen molar-refractivity contribution < 1.29 is 14.3 Å². The lowest BCUT2D eigenvalue weighted by molar-refractivity contribution is -0.132. The van der Waals surface area contributed by atoms with Crippen LogP contribution in [0.2, 0.25) is 5.02 Å². The van der Waals surface area contributed by atoms with E-state index in [-0.39, 0.29) is 35.7 Å². The standard InChI is InChI=1S/C33H40ClN7O3/c1-33(2)21-38-30(43)25-11-13-26(14-12-25)39-32(36)40-31(35)37-20-24-9-15-28(27(34)19-24)44-18-6-17-41(22-33)29(42)16-10-23-7-4-3-5-8-23/h3-5,7-9,11-15,19H,6,10,16-18,20-22H2,1-2H3,(H,38,43)(H5,35,36,37,39,40). The Kier molecular flexibility index (Phi) is 11.2. The van der Waals surface area contributed by atoms with Crippen molar-refractivity contribution in [2.45, 2.75) is 39.7 Å². The average Bonchev–Trinajstić information content (AvgIpc) is 3.00. The molecular weight excluding hydrogens is 578 g/mol. The number of hydrogen-bond donors (Lipinski definition) is 4. The first kappa shape index (κ1) is 32.3. The Morgan fingerprint density at radius 3 is 2.55 bits per heavy atom. The van der Waals surface area contributed by atoms with Gasteiger partial charge in [0.2, 0.25) is 17.8 Å². The van der Waals surface area contributed by atoms with Crippen LogP contribution < -0.4 is 26.8 Å². The molecule has 11 heteroatoms. The number of ether oxygens (including phenoxy) is 1. The van der Waals surface area contributed by atoms with E-state index in [1.54, 1.807) is 36.4 Å². The van der Waals surface area contributed by atoms with Crippen LogP contribution in [0.25, 0.3) is 0 Å². The Labute approximate surface area is 263 Å². The van der Waals surface area contributed by atoms with E-state index in [2.05, 4.69) is 20.6 Å². The number of aryl methyl sites for hydroxylation is 1. The van der Waals surface area contributed by atoms with Crippen LogP contribution in [0.1, 0.15) is 48.2 Å². The highest BCUT2D eigenvalue weighted by Crippen LogP contribution is 2.26. The van der Waals surface area contributed by atoms with Gasteiger partial charge in [-0.1, -0.05) is 61.8 Å². The topological polar surface area (TPSA) is 147 Å². The van der Waals surface area contributed by atoms with E-state index in [1.165, 1.54) is 0 Å². The summed E-state index contributed by atoms with van der Waals surface area (Å²) in [4.78, 5) is 36.6. The molecule has 0 saturated heterocycles. The molecule has 3 aromatic rings. The molecule has 4 aliphatic rings. The van der Waals surface area contributed by atoms with E-state index in [0.29, 0.717) is 67.5 Å². The number of halogens is 1. The van der Waals surface area contributed by atoms with Gasteiger partial charge >= 0.3 is 0 Å². The zero-order valence-corrected chi connectivity index (χ0v) is 25.9. The second kappa shape index (κ2) is 15.2. The lowest BCUT2D eigenvalue weighted by atomic mass is 9.92. The minimum absolute atomic E-state index is 0.00221. The fourth-order valence-corrected chi connectivity index (χ4v) is 5.01. The molecule has 0 saturated carbocycles. The summed E-state index contributed by atoms with van der Waals surface area (Å²) in [7, 11) is 0. The number of carbonyl (C=O) groups is 2. The van der Waals surface area contributed by atoms with Crippen molar-refractivity contribution in [1.29, 1.82) is 0 Å². The first-order valence-electron chi connectivity index (χ1n) is 14.6. The van der Waals surface area contributed by atoms with Gasteiger partial charge in [0.15, 0.2) is 0 Å². The van der Waals surface area contributed by atoms with Crippen LogP contribution in [0.15, 0.2) is 82.8 Å². The van der Waals surface area contributed by atoms with Crippen LogP contribution in [0, 0.1) is 5.41 Å². The number of amides is 2. The van der Waals surface area contributed by atoms with Crippen LogP contribution in [0.5, 0.6) is 5.75 Å². The molecule has 0 aliphatic carbocycles. The Hall–Kier alpha value is -4.57. The van der Waals surface area contributed by atoms with E-state index in [0.717, 1.165) is 11.1 Å². The number of rotatable bonds is 3. The van der Waals surface area contributed by atoms with Gasteiger partial charge in [-0.25, -0.2) is 4.99 Å². The summed E-state index contributed by atoms with van der Waals surface area (Å²) < 4.78 is 5.96. The molecular formula is C33H40ClN7O3. The minimum atomic E-state index is -0.389. The predicted octanol–water partition coefficient (Wildman–Crippen LogP) is 4.58. The number of carbonyl (C=O) groups excluding carboxylic acids is 2. The van der Waals surface area contributed by atoms with E-state index in [1.807, 2.05) is 55.1 Å². The molecule has 0 atom stereocenters. The van der Waals surface area contributed by atoms with E-state index < -0.39 is 0 Å². The second-order valence-electron chi connectivity index (χ2n) is 11.5. The number of anilines is 1. The van der Waals surface area contributed by atoms with Crippen molar-refractivity contribution in [1.82, 2.24) is 10.2 Å². The largest absolute Gasteiger partial charge is 0.492 e. The maximum Gasteiger partial charge on any atom is 0.251 e. The number of guanidine groups is 2. The number of nitrogens with two attached hydrogens (primary N) is 2. The van der Waals surface area contributed by atoms with Gasteiger partial charge in [0.05, 0.1) is 18.2 Å². The summed E-state index contributed by atoms with van der Waals surface area (Å²) in [6.07, 6.45) is 1.66. The van der Waals surface area contributed by atoms with Gasteiger partial charge in [0, 0.05) is 37.3 Å². The lowest BCUT2D eigenvalue weighted by Gasteiger charge is -2.33. The number of aliphatic imine (C=N–C) groups is 2. The smallest absolute Gasteiger partial charge is 0.251 e. The van der Waals surface area contributed by atoms with Gasteiger partial charge in [0.1, 0.15) is 5.75 Å². The fourth-order valence-electron chi connectivity index (χ4n) is 4.75. The molecule has 7 rings (SSSR count). The molecule has 44 heavy (non-hydrogen) atoms. The van der Waals surface area contributed by atoms with E-state index >= 15 is 0 Å². The molecule has 3 aromatic carbocycles. The molecule has 6 N–H and O–H groups in total. The molecule has 0 radical (unpaired) electrons. The number of nitrogens with one attached hydrogen (secondary N) is 2. The molecule has 4 bridgehead atoms. The Bertz CT molecular complexity index is 1490. The maximum absolute atomic E-state index is 13.4. The van der Waals surface area contributed by atoms with Crippen molar-refractivity contribution in [3.05, 3.63) is 94.5 Å². The first-order chi connectivity index (χ1) is 21.1. The van der Waals surface area contributed by atoms with Crippen molar-refractivity contribution >= 4 is 41.0 Å². The van der Waals surface area contributed by atoms with E-state index in [4.69, 9.17) is 27.8 Å². The summed E-state index contributed by atoms with van der Waals surface area (Å²) >= 11 is 6.49. The quantitative estimate of drug-likeness (QED) is 0.338. The minimum Gasteiger partial charge on any atom is -0.492 e. The third kappa shape index (κ3) is 10.0. The van der Waals surface area contributed by atoms with Crippen LogP contribution in [0.3, 0.4) is 0 Å². The average molecular weight is 618 g/mol. The number of nitrogens with zero attached hydrogens (tertiary/aromatic N) is 3. The Morgan fingerprint density at radius 2 is 1.82 bits per heavy atom. The summed E-state index contributed by atoms with van der Waals surface area (Å²) in [5.41, 5.74) is 14.6. The normalized spacial score (nSPS) is 16.5. The molecule has 232 valence electrons. The summed E-state index contributed by atoms with van der Waals surface area (Å²) in [6.45, 7) is 6.07. The molecule has 4 aliphatic heterocycles. The van der Waals surface area contributed by atoms with Crippen LogP contribution >= 0.6 is 11.6 Å². The fraction of sp³-hybridized carbons (Fsp3) is 0.333. The summed E-state index contributed by atoms with van der Waals surface area (Å²) in [5.74, 6) is 0.452. The van der Waals surface area contributed by atoms with Crippen LogP contribution in [0.4, 0.5) is 5.69 Å². The SMILES string of the molecule is CC1(C)CNC(=O)c2ccc(cc2)NC(N)=NC(N)=NCc2ccc(c(Cl)c2)OCCCN(C(=O)CCc2ccccc2)C1. The van der Waals surface area contributed by atoms with Gasteiger partial charge in [0.25, 0.3) is 5.91 Å². The molecule has 4 heterocycles. The molecule has 10 nitrogen and oxygen atoms in total. The third-order valence-electron chi connectivity index (χ3n) is 7.07. The van der Waals surface area contributed by atoms with Gasteiger partial charge in [-0.3, -0.25) is 9.59 Å². The predicted molar refractivity (Wildman–Crippen MR) is 176 cm³/mol. The Morgan fingerprint density at radius 1 is 1.07 bits per heavy atom. The van der Waals surface area contributed by atoms with Crippen molar-refractivity contribution in [3.8, 4) is 5.75 Å². The summed E-state index contributed by atoms with van der Waals surface area (Å²) in [6, 6.07) is 22.2. The zero-order chi connectivity index (χ0) is 31.5. The molecule has 0 unspecified atom stereocenters.